The smallest absolute Gasteiger partial charge is 0.264 e. The zero-order chi connectivity index (χ0) is 32.6. The van der Waals surface area contributed by atoms with E-state index in [2.05, 4.69) is 5.32 Å². The number of amides is 2. The molecule has 45 heavy (non-hydrogen) atoms. The van der Waals surface area contributed by atoms with E-state index in [1.807, 2.05) is 44.2 Å². The molecule has 0 aliphatic carbocycles. The fourth-order valence-corrected chi connectivity index (χ4v) is 6.60. The summed E-state index contributed by atoms with van der Waals surface area (Å²) < 4.78 is 29.4. The Hall–Kier alpha value is -3.85. The first kappa shape index (κ1) is 34.0. The Kier molecular flexibility index (Phi) is 11.7. The summed E-state index contributed by atoms with van der Waals surface area (Å²) in [6.07, 6.45) is 0.937. The van der Waals surface area contributed by atoms with Gasteiger partial charge in [0.25, 0.3) is 10.0 Å². The monoisotopic (exact) mass is 665 g/mol. The highest BCUT2D eigenvalue weighted by atomic mass is 35.5. The summed E-state index contributed by atoms with van der Waals surface area (Å²) in [5.74, 6) is -0.857. The first-order chi connectivity index (χ1) is 21.5. The quantitative estimate of drug-likeness (QED) is 0.166. The van der Waals surface area contributed by atoms with Crippen LogP contribution in [-0.4, -0.2) is 43.8 Å². The van der Waals surface area contributed by atoms with E-state index >= 15 is 0 Å². The molecule has 0 saturated heterocycles. The van der Waals surface area contributed by atoms with E-state index in [0.29, 0.717) is 27.7 Å². The lowest BCUT2D eigenvalue weighted by Crippen LogP contribution is -2.54. The predicted octanol–water partition coefficient (Wildman–Crippen LogP) is 7.05. The van der Waals surface area contributed by atoms with Crippen LogP contribution in [0.2, 0.25) is 10.0 Å². The summed E-state index contributed by atoms with van der Waals surface area (Å²) >= 11 is 12.2. The van der Waals surface area contributed by atoms with Gasteiger partial charge in [-0.3, -0.25) is 13.9 Å². The van der Waals surface area contributed by atoms with E-state index in [4.69, 9.17) is 23.2 Å². The molecule has 0 aromatic heterocycles. The lowest BCUT2D eigenvalue weighted by atomic mass is 10.0. The standard InChI is InChI=1S/C35H37Cl2N3O4S/c1-4-26(3)38-35(42)33(22-27-11-6-5-7-12-27)39(23-28-14-16-29(36)17-15-28)34(41)24-40(32-13-9-8-10-25(32)2)45(43,44)31-20-18-30(37)19-21-31/h5-21,26,33H,4,22-24H2,1-3H3,(H,38,42)/t26-,33-/m1/s1. The van der Waals surface area contributed by atoms with Crippen molar-refractivity contribution in [2.75, 3.05) is 10.8 Å². The van der Waals surface area contributed by atoms with E-state index in [9.17, 15) is 18.0 Å². The number of carbonyl (C=O) groups excluding carboxylic acids is 2. The van der Waals surface area contributed by atoms with Gasteiger partial charge < -0.3 is 10.2 Å². The molecule has 0 aliphatic rings. The Morgan fingerprint density at radius 3 is 1.98 bits per heavy atom. The Balaban J connectivity index is 1.81. The number of aryl methyl sites for hydroxylation is 1. The van der Waals surface area contributed by atoms with Crippen molar-refractivity contribution in [1.82, 2.24) is 10.2 Å². The molecule has 0 spiro atoms. The number of carbonyl (C=O) groups is 2. The van der Waals surface area contributed by atoms with Crippen LogP contribution in [0.4, 0.5) is 5.69 Å². The third kappa shape index (κ3) is 8.87. The lowest BCUT2D eigenvalue weighted by molar-refractivity contribution is -0.140. The summed E-state index contributed by atoms with van der Waals surface area (Å²) in [6, 6.07) is 28.2. The van der Waals surface area contributed by atoms with Crippen molar-refractivity contribution in [2.45, 2.75) is 57.1 Å². The fourth-order valence-electron chi connectivity index (χ4n) is 4.87. The Morgan fingerprint density at radius 1 is 0.800 bits per heavy atom. The van der Waals surface area contributed by atoms with Crippen LogP contribution in [-0.2, 0) is 32.6 Å². The second-order valence-corrected chi connectivity index (χ2v) is 13.7. The second-order valence-electron chi connectivity index (χ2n) is 10.9. The number of nitrogens with one attached hydrogen (secondary N) is 1. The molecule has 0 unspecified atom stereocenters. The second kappa shape index (κ2) is 15.4. The minimum absolute atomic E-state index is 0.0115. The average molecular weight is 667 g/mol. The first-order valence-corrected chi connectivity index (χ1v) is 16.9. The van der Waals surface area contributed by atoms with Gasteiger partial charge in [0.05, 0.1) is 10.6 Å². The van der Waals surface area contributed by atoms with Crippen molar-refractivity contribution in [3.8, 4) is 0 Å². The minimum atomic E-state index is -4.22. The highest BCUT2D eigenvalue weighted by Gasteiger charge is 2.35. The van der Waals surface area contributed by atoms with Gasteiger partial charge in [0.2, 0.25) is 11.8 Å². The van der Waals surface area contributed by atoms with Gasteiger partial charge in [-0.15, -0.1) is 0 Å². The van der Waals surface area contributed by atoms with Gasteiger partial charge in [-0.2, -0.15) is 0 Å². The van der Waals surface area contributed by atoms with E-state index < -0.39 is 28.5 Å². The molecular weight excluding hydrogens is 629 g/mol. The predicted molar refractivity (Wildman–Crippen MR) is 181 cm³/mol. The number of sulfonamides is 1. The van der Waals surface area contributed by atoms with Gasteiger partial charge in [0.1, 0.15) is 12.6 Å². The van der Waals surface area contributed by atoms with Crippen LogP contribution in [0.3, 0.4) is 0 Å². The number of hydrogen-bond donors (Lipinski definition) is 1. The largest absolute Gasteiger partial charge is 0.352 e. The van der Waals surface area contributed by atoms with Gasteiger partial charge in [-0.25, -0.2) is 8.42 Å². The molecule has 4 aromatic carbocycles. The molecule has 7 nitrogen and oxygen atoms in total. The van der Waals surface area contributed by atoms with Crippen molar-refractivity contribution in [1.29, 1.82) is 0 Å². The molecule has 10 heteroatoms. The maximum absolute atomic E-state index is 14.5. The van der Waals surface area contributed by atoms with Crippen molar-refractivity contribution in [3.05, 3.63) is 130 Å². The number of rotatable bonds is 13. The van der Waals surface area contributed by atoms with E-state index in [-0.39, 0.29) is 29.8 Å². The summed E-state index contributed by atoms with van der Waals surface area (Å²) in [6.45, 7) is 5.18. The lowest BCUT2D eigenvalue weighted by Gasteiger charge is -2.34. The summed E-state index contributed by atoms with van der Waals surface area (Å²) in [5, 5.41) is 3.96. The van der Waals surface area contributed by atoms with Gasteiger partial charge in [0, 0.05) is 29.1 Å². The number of halogens is 2. The minimum Gasteiger partial charge on any atom is -0.352 e. The topological polar surface area (TPSA) is 86.8 Å². The maximum Gasteiger partial charge on any atom is 0.264 e. The molecule has 0 bridgehead atoms. The Morgan fingerprint density at radius 2 is 1.38 bits per heavy atom. The van der Waals surface area contributed by atoms with Crippen molar-refractivity contribution in [3.63, 3.8) is 0 Å². The average Bonchev–Trinajstić information content (AvgIpc) is 3.03. The van der Waals surface area contributed by atoms with E-state index in [1.165, 1.54) is 29.2 Å². The Bertz CT molecular complexity index is 1700. The van der Waals surface area contributed by atoms with Crippen molar-refractivity contribution in [2.24, 2.45) is 0 Å². The fraction of sp³-hybridized carbons (Fsp3) is 0.257. The molecule has 1 N–H and O–H groups in total. The van der Waals surface area contributed by atoms with Crippen molar-refractivity contribution < 1.29 is 18.0 Å². The zero-order valence-electron chi connectivity index (χ0n) is 25.5. The molecule has 0 heterocycles. The molecule has 0 aliphatic heterocycles. The molecule has 2 atom stereocenters. The number of benzene rings is 4. The van der Waals surface area contributed by atoms with Crippen LogP contribution in [0.1, 0.15) is 37.0 Å². The van der Waals surface area contributed by atoms with Crippen LogP contribution < -0.4 is 9.62 Å². The van der Waals surface area contributed by atoms with E-state index in [0.717, 1.165) is 15.4 Å². The molecular formula is C35H37Cl2N3O4S. The van der Waals surface area contributed by atoms with Gasteiger partial charge in [0.15, 0.2) is 0 Å². The maximum atomic E-state index is 14.5. The van der Waals surface area contributed by atoms with Gasteiger partial charge in [-0.1, -0.05) is 90.8 Å². The van der Waals surface area contributed by atoms with Crippen molar-refractivity contribution >= 4 is 50.7 Å². The molecule has 4 aromatic rings. The summed E-state index contributed by atoms with van der Waals surface area (Å²) in [7, 11) is -4.22. The normalized spacial score (nSPS) is 12.6. The molecule has 0 fully saturated rings. The van der Waals surface area contributed by atoms with Gasteiger partial charge >= 0.3 is 0 Å². The van der Waals surface area contributed by atoms with Crippen LogP contribution >= 0.6 is 23.2 Å². The number of nitrogens with zero attached hydrogens (tertiary/aromatic N) is 2. The molecule has 4 rings (SSSR count). The summed E-state index contributed by atoms with van der Waals surface area (Å²) in [4.78, 5) is 29.9. The van der Waals surface area contributed by atoms with E-state index in [1.54, 1.807) is 55.5 Å². The number of hydrogen-bond acceptors (Lipinski definition) is 4. The molecule has 2 amide bonds. The third-order valence-electron chi connectivity index (χ3n) is 7.60. The van der Waals surface area contributed by atoms with Crippen LogP contribution in [0, 0.1) is 6.92 Å². The number of anilines is 1. The SMILES string of the molecule is CC[C@@H](C)NC(=O)[C@@H](Cc1ccccc1)N(Cc1ccc(Cl)cc1)C(=O)CN(c1ccccc1C)S(=O)(=O)c1ccc(Cl)cc1. The van der Waals surface area contributed by atoms with Gasteiger partial charge in [-0.05, 0) is 79.4 Å². The molecule has 236 valence electrons. The van der Waals surface area contributed by atoms with Crippen LogP contribution in [0.25, 0.3) is 0 Å². The summed E-state index contributed by atoms with van der Waals surface area (Å²) in [5.41, 5.74) is 2.63. The number of para-hydroxylation sites is 1. The highest BCUT2D eigenvalue weighted by molar-refractivity contribution is 7.92. The zero-order valence-corrected chi connectivity index (χ0v) is 27.8. The van der Waals surface area contributed by atoms with Crippen LogP contribution in [0.5, 0.6) is 0 Å². The molecule has 0 radical (unpaired) electrons. The Labute approximate surface area is 275 Å². The third-order valence-corrected chi connectivity index (χ3v) is 9.88. The van der Waals surface area contributed by atoms with Crippen LogP contribution in [0.15, 0.2) is 108 Å². The highest BCUT2D eigenvalue weighted by Crippen LogP contribution is 2.28. The first-order valence-electron chi connectivity index (χ1n) is 14.7. The molecule has 0 saturated carbocycles.